The fraction of sp³-hybridized carbons (Fsp3) is 1.00. The first-order valence-corrected chi connectivity index (χ1v) is 3.23. The molecule has 1 atom stereocenters. The minimum Gasteiger partial charge on any atom is -0.252 e. The van der Waals surface area contributed by atoms with Gasteiger partial charge in [-0.2, -0.15) is 0 Å². The van der Waals surface area contributed by atoms with E-state index in [-0.39, 0.29) is 6.61 Å². The van der Waals surface area contributed by atoms with Gasteiger partial charge < -0.3 is 0 Å². The molecule has 0 saturated carbocycles. The second-order valence-electron chi connectivity index (χ2n) is 2.01. The van der Waals surface area contributed by atoms with E-state index in [1.54, 1.807) is 0 Å². The van der Waals surface area contributed by atoms with E-state index in [4.69, 9.17) is 5.26 Å². The average Bonchev–Trinajstić information content (AvgIpc) is 1.89. The van der Waals surface area contributed by atoms with Crippen molar-refractivity contribution < 1.29 is 15.3 Å². The molecule has 0 aromatic rings. The molecule has 0 aliphatic heterocycles. The lowest BCUT2D eigenvalue weighted by Crippen LogP contribution is -2.03. The Morgan fingerprint density at radius 3 is 2.78 bits per heavy atom. The van der Waals surface area contributed by atoms with Crippen molar-refractivity contribution in [3.8, 4) is 0 Å². The molecule has 1 unspecified atom stereocenters. The fourth-order valence-electron chi connectivity index (χ4n) is 0.580. The number of hydrogen-bond acceptors (Lipinski definition) is 2. The molecular formula is C6H13O3. The summed E-state index contributed by atoms with van der Waals surface area (Å²) in [6, 6.07) is 0. The maximum atomic E-state index is 10.6. The van der Waals surface area contributed by atoms with Crippen LogP contribution in [0.15, 0.2) is 0 Å². The van der Waals surface area contributed by atoms with E-state index in [0.717, 1.165) is 0 Å². The van der Waals surface area contributed by atoms with Crippen LogP contribution < -0.4 is 0 Å². The smallest absolute Gasteiger partial charge is 0.0928 e. The van der Waals surface area contributed by atoms with Crippen LogP contribution in [0.25, 0.3) is 0 Å². The molecule has 0 bridgehead atoms. The lowest BCUT2D eigenvalue weighted by atomic mass is 10.2. The Balaban J connectivity index is 2.88. The Kier molecular flexibility index (Phi) is 5.93. The standard InChI is InChI=1S/C6H13O3/c1-2-6(7)4-3-5-9-8/h6,8H,2-5H2,1H3. The van der Waals surface area contributed by atoms with Crippen molar-refractivity contribution in [1.82, 2.24) is 0 Å². The van der Waals surface area contributed by atoms with Crippen LogP contribution in [0.5, 0.6) is 0 Å². The van der Waals surface area contributed by atoms with E-state index >= 15 is 0 Å². The molecule has 0 aromatic carbocycles. The molecule has 0 saturated heterocycles. The van der Waals surface area contributed by atoms with E-state index in [1.807, 2.05) is 6.92 Å². The predicted molar refractivity (Wildman–Crippen MR) is 32.6 cm³/mol. The van der Waals surface area contributed by atoms with Crippen LogP contribution in [-0.4, -0.2) is 18.0 Å². The first-order chi connectivity index (χ1) is 4.31. The van der Waals surface area contributed by atoms with Gasteiger partial charge in [-0.15, -0.1) is 0 Å². The Hall–Kier alpha value is -0.120. The van der Waals surface area contributed by atoms with E-state index < -0.39 is 6.10 Å². The van der Waals surface area contributed by atoms with Gasteiger partial charge in [-0.3, -0.25) is 5.26 Å². The summed E-state index contributed by atoms with van der Waals surface area (Å²) in [5.41, 5.74) is 0. The van der Waals surface area contributed by atoms with Gasteiger partial charge in [0.15, 0.2) is 0 Å². The Morgan fingerprint density at radius 2 is 2.33 bits per heavy atom. The summed E-state index contributed by atoms with van der Waals surface area (Å²) in [5, 5.41) is 18.5. The average molecular weight is 133 g/mol. The fourth-order valence-corrected chi connectivity index (χ4v) is 0.580. The molecule has 0 aliphatic rings. The first-order valence-electron chi connectivity index (χ1n) is 3.23. The van der Waals surface area contributed by atoms with Gasteiger partial charge >= 0.3 is 0 Å². The first kappa shape index (κ1) is 8.88. The van der Waals surface area contributed by atoms with Crippen LogP contribution in [0, 0.1) is 0 Å². The lowest BCUT2D eigenvalue weighted by Gasteiger charge is -2.01. The third-order valence-corrected chi connectivity index (χ3v) is 1.22. The predicted octanol–water partition coefficient (Wildman–Crippen LogP) is 1.47. The summed E-state index contributed by atoms with van der Waals surface area (Å²) in [5.74, 6) is 0. The highest BCUT2D eigenvalue weighted by Gasteiger charge is 2.00. The van der Waals surface area contributed by atoms with Crippen LogP contribution in [-0.2, 0) is 9.99 Å². The highest BCUT2D eigenvalue weighted by molar-refractivity contribution is 4.50. The Bertz CT molecular complexity index is 56.3. The molecule has 0 rings (SSSR count). The topological polar surface area (TPSA) is 49.4 Å². The van der Waals surface area contributed by atoms with Crippen molar-refractivity contribution in [2.45, 2.75) is 32.3 Å². The molecule has 1 N–H and O–H groups in total. The van der Waals surface area contributed by atoms with Gasteiger partial charge in [0.2, 0.25) is 0 Å². The van der Waals surface area contributed by atoms with Gasteiger partial charge in [0.1, 0.15) is 0 Å². The van der Waals surface area contributed by atoms with Crippen LogP contribution in [0.1, 0.15) is 26.2 Å². The lowest BCUT2D eigenvalue weighted by molar-refractivity contribution is -0.243. The number of hydrogen-bond donors (Lipinski definition) is 1. The van der Waals surface area contributed by atoms with Gasteiger partial charge in [-0.1, -0.05) is 6.92 Å². The third-order valence-electron chi connectivity index (χ3n) is 1.22. The second-order valence-corrected chi connectivity index (χ2v) is 2.01. The molecule has 3 nitrogen and oxygen atoms in total. The van der Waals surface area contributed by atoms with Crippen LogP contribution in [0.3, 0.4) is 0 Å². The number of rotatable bonds is 5. The van der Waals surface area contributed by atoms with Crippen LogP contribution in [0.2, 0.25) is 0 Å². The van der Waals surface area contributed by atoms with Gasteiger partial charge in [-0.25, -0.2) is 9.99 Å². The molecule has 0 amide bonds. The maximum Gasteiger partial charge on any atom is 0.0928 e. The van der Waals surface area contributed by atoms with Crippen molar-refractivity contribution in [3.63, 3.8) is 0 Å². The zero-order chi connectivity index (χ0) is 7.11. The summed E-state index contributed by atoms with van der Waals surface area (Å²) >= 11 is 0. The molecular weight excluding hydrogens is 120 g/mol. The van der Waals surface area contributed by atoms with Crippen molar-refractivity contribution in [2.24, 2.45) is 0 Å². The summed E-state index contributed by atoms with van der Waals surface area (Å²) in [6.45, 7) is 2.14. The molecule has 0 aliphatic carbocycles. The molecule has 9 heavy (non-hydrogen) atoms. The quantitative estimate of drug-likeness (QED) is 0.350. The van der Waals surface area contributed by atoms with Gasteiger partial charge in [-0.05, 0) is 19.3 Å². The zero-order valence-electron chi connectivity index (χ0n) is 5.67. The molecule has 0 aromatic heterocycles. The minimum atomic E-state index is -0.486. The Morgan fingerprint density at radius 1 is 1.67 bits per heavy atom. The van der Waals surface area contributed by atoms with Crippen molar-refractivity contribution in [3.05, 3.63) is 0 Å². The molecule has 3 heteroatoms. The molecule has 1 radical (unpaired) electrons. The third kappa shape index (κ3) is 5.76. The molecule has 0 fully saturated rings. The van der Waals surface area contributed by atoms with Gasteiger partial charge in [0, 0.05) is 0 Å². The summed E-state index contributed by atoms with van der Waals surface area (Å²) in [6.07, 6.45) is 1.42. The highest BCUT2D eigenvalue weighted by atomic mass is 17.1. The summed E-state index contributed by atoms with van der Waals surface area (Å²) in [7, 11) is 0. The van der Waals surface area contributed by atoms with E-state index in [0.29, 0.717) is 19.3 Å². The SMILES string of the molecule is CCC([O])CCCOO. The molecule has 0 spiro atoms. The minimum absolute atomic E-state index is 0.277. The normalized spacial score (nSPS) is 13.7. The molecule has 55 valence electrons. The van der Waals surface area contributed by atoms with Crippen molar-refractivity contribution in [1.29, 1.82) is 0 Å². The van der Waals surface area contributed by atoms with Crippen molar-refractivity contribution in [2.75, 3.05) is 6.61 Å². The monoisotopic (exact) mass is 133 g/mol. The highest BCUT2D eigenvalue weighted by Crippen LogP contribution is 2.00. The zero-order valence-corrected chi connectivity index (χ0v) is 5.67. The second kappa shape index (κ2) is 6.01. The van der Waals surface area contributed by atoms with Crippen LogP contribution in [0.4, 0.5) is 0 Å². The van der Waals surface area contributed by atoms with Crippen LogP contribution >= 0.6 is 0 Å². The van der Waals surface area contributed by atoms with Crippen molar-refractivity contribution >= 4 is 0 Å². The Labute approximate surface area is 55.2 Å². The van der Waals surface area contributed by atoms with E-state index in [9.17, 15) is 5.11 Å². The van der Waals surface area contributed by atoms with Gasteiger partial charge in [0.05, 0.1) is 12.7 Å². The summed E-state index contributed by atoms with van der Waals surface area (Å²) < 4.78 is 0. The molecule has 0 heterocycles. The maximum absolute atomic E-state index is 10.6. The van der Waals surface area contributed by atoms with E-state index in [1.165, 1.54) is 0 Å². The summed E-state index contributed by atoms with van der Waals surface area (Å²) in [4.78, 5) is 3.80. The largest absolute Gasteiger partial charge is 0.252 e. The van der Waals surface area contributed by atoms with E-state index in [2.05, 4.69) is 4.89 Å². The van der Waals surface area contributed by atoms with Gasteiger partial charge in [0.25, 0.3) is 0 Å².